The number of ether oxygens (including phenoxy) is 1. The third-order valence-corrected chi connectivity index (χ3v) is 2.56. The molecule has 0 radical (unpaired) electrons. The number of halogens is 5. The van der Waals surface area contributed by atoms with Crippen LogP contribution in [0.1, 0.15) is 5.56 Å². The number of carbonyl (C=O) groups excluding carboxylic acids is 2. The number of esters is 1. The monoisotopic (exact) mass is 327 g/mol. The minimum Gasteiger partial charge on any atom is -0.503 e. The van der Waals surface area contributed by atoms with Crippen LogP contribution >= 0.6 is 0 Å². The molecule has 1 aromatic rings. The number of hydrogen-bond acceptors (Lipinski definition) is 4. The first kappa shape index (κ1) is 17.7. The molecule has 0 saturated heterocycles. The standard InChI is InChI=1S/C12H10F5NO4/c1-22-10(20)8(18-11(21)12(15,16)17)4-5-2-6(13)9(19)7(14)3-5/h2-3,8,19H,4H2,1H3,(H,18,21). The maximum absolute atomic E-state index is 13.2. The zero-order chi connectivity index (χ0) is 17.1. The minimum absolute atomic E-state index is 0.259. The number of methoxy groups -OCH3 is 1. The molecule has 0 aliphatic rings. The zero-order valence-corrected chi connectivity index (χ0v) is 11.0. The molecule has 1 atom stereocenters. The van der Waals surface area contributed by atoms with Crippen LogP contribution in [0.4, 0.5) is 22.0 Å². The Bertz CT molecular complexity index is 564. The van der Waals surface area contributed by atoms with Gasteiger partial charge >= 0.3 is 18.1 Å². The van der Waals surface area contributed by atoms with Crippen molar-refractivity contribution in [2.75, 3.05) is 7.11 Å². The van der Waals surface area contributed by atoms with Gasteiger partial charge in [0.15, 0.2) is 17.4 Å². The molecule has 1 rings (SSSR count). The van der Waals surface area contributed by atoms with Crippen molar-refractivity contribution in [3.63, 3.8) is 0 Å². The van der Waals surface area contributed by atoms with Crippen LogP contribution in [0.25, 0.3) is 0 Å². The summed E-state index contributed by atoms with van der Waals surface area (Å²) in [6.45, 7) is 0. The Hall–Kier alpha value is -2.39. The Balaban J connectivity index is 3.00. The summed E-state index contributed by atoms with van der Waals surface area (Å²) in [6.07, 6.45) is -5.90. The Morgan fingerprint density at radius 3 is 2.18 bits per heavy atom. The predicted octanol–water partition coefficient (Wildman–Crippen LogP) is 1.43. The number of carbonyl (C=O) groups is 2. The van der Waals surface area contributed by atoms with Crippen molar-refractivity contribution >= 4 is 11.9 Å². The zero-order valence-electron chi connectivity index (χ0n) is 11.0. The van der Waals surface area contributed by atoms with Gasteiger partial charge in [-0.3, -0.25) is 4.79 Å². The van der Waals surface area contributed by atoms with Crippen LogP contribution < -0.4 is 5.32 Å². The van der Waals surface area contributed by atoms with Crippen molar-refractivity contribution in [2.45, 2.75) is 18.6 Å². The van der Waals surface area contributed by atoms with Crippen LogP contribution in [-0.2, 0) is 20.7 Å². The number of alkyl halides is 3. The van der Waals surface area contributed by atoms with Gasteiger partial charge < -0.3 is 15.2 Å². The largest absolute Gasteiger partial charge is 0.503 e. The van der Waals surface area contributed by atoms with Gasteiger partial charge in [-0.05, 0) is 17.7 Å². The molecule has 0 aliphatic heterocycles. The van der Waals surface area contributed by atoms with E-state index in [0.717, 1.165) is 7.11 Å². The summed E-state index contributed by atoms with van der Waals surface area (Å²) in [5, 5.41) is 10.3. The van der Waals surface area contributed by atoms with Crippen LogP contribution in [0, 0.1) is 11.6 Å². The van der Waals surface area contributed by atoms with Crippen molar-refractivity contribution in [1.82, 2.24) is 5.32 Å². The first-order valence-electron chi connectivity index (χ1n) is 5.68. The second-order valence-electron chi connectivity index (χ2n) is 4.16. The maximum atomic E-state index is 13.2. The average Bonchev–Trinajstić information content (AvgIpc) is 2.41. The lowest BCUT2D eigenvalue weighted by Crippen LogP contribution is -2.48. The molecule has 0 bridgehead atoms. The van der Waals surface area contributed by atoms with Gasteiger partial charge in [0.05, 0.1) is 7.11 Å². The lowest BCUT2D eigenvalue weighted by Gasteiger charge is -2.17. The van der Waals surface area contributed by atoms with Gasteiger partial charge in [-0.15, -0.1) is 0 Å². The van der Waals surface area contributed by atoms with Gasteiger partial charge in [-0.1, -0.05) is 0 Å². The van der Waals surface area contributed by atoms with E-state index in [-0.39, 0.29) is 5.56 Å². The lowest BCUT2D eigenvalue weighted by atomic mass is 10.0. The van der Waals surface area contributed by atoms with Crippen molar-refractivity contribution in [1.29, 1.82) is 0 Å². The van der Waals surface area contributed by atoms with Crippen LogP contribution in [0.3, 0.4) is 0 Å². The van der Waals surface area contributed by atoms with E-state index in [1.54, 1.807) is 0 Å². The van der Waals surface area contributed by atoms with Crippen molar-refractivity contribution in [3.8, 4) is 5.75 Å². The van der Waals surface area contributed by atoms with Gasteiger partial charge in [0.2, 0.25) is 0 Å². The summed E-state index contributed by atoms with van der Waals surface area (Å²) in [5.41, 5.74) is -0.259. The van der Waals surface area contributed by atoms with E-state index < -0.39 is 47.9 Å². The number of aromatic hydroxyl groups is 1. The number of phenols is 1. The predicted molar refractivity (Wildman–Crippen MR) is 61.7 cm³/mol. The molecule has 0 saturated carbocycles. The van der Waals surface area contributed by atoms with Gasteiger partial charge in [0.25, 0.3) is 0 Å². The highest BCUT2D eigenvalue weighted by atomic mass is 19.4. The van der Waals surface area contributed by atoms with Crippen LogP contribution in [0.15, 0.2) is 12.1 Å². The molecule has 0 spiro atoms. The molecule has 1 amide bonds. The maximum Gasteiger partial charge on any atom is 0.471 e. The molecule has 0 aromatic heterocycles. The first-order valence-corrected chi connectivity index (χ1v) is 5.68. The Labute approximate surface area is 120 Å². The SMILES string of the molecule is COC(=O)C(Cc1cc(F)c(O)c(F)c1)NC(=O)C(F)(F)F. The average molecular weight is 327 g/mol. The second kappa shape index (κ2) is 6.58. The van der Waals surface area contributed by atoms with Crippen molar-refractivity contribution in [2.24, 2.45) is 0 Å². The van der Waals surface area contributed by atoms with E-state index in [1.807, 2.05) is 0 Å². The van der Waals surface area contributed by atoms with E-state index in [4.69, 9.17) is 5.11 Å². The Morgan fingerprint density at radius 1 is 1.27 bits per heavy atom. The van der Waals surface area contributed by atoms with E-state index in [2.05, 4.69) is 4.74 Å². The number of amides is 1. The number of nitrogens with one attached hydrogen (secondary N) is 1. The van der Waals surface area contributed by atoms with Crippen molar-refractivity contribution < 1.29 is 41.4 Å². The van der Waals surface area contributed by atoms with E-state index in [9.17, 15) is 31.5 Å². The molecule has 122 valence electrons. The first-order chi connectivity index (χ1) is 10.1. The van der Waals surface area contributed by atoms with Crippen LogP contribution in [0.2, 0.25) is 0 Å². The quantitative estimate of drug-likeness (QED) is 0.648. The summed E-state index contributed by atoms with van der Waals surface area (Å²) in [6, 6.07) is -0.565. The Kier molecular flexibility index (Phi) is 5.28. The van der Waals surface area contributed by atoms with Gasteiger partial charge in [0.1, 0.15) is 6.04 Å². The molecule has 22 heavy (non-hydrogen) atoms. The summed E-state index contributed by atoms with van der Waals surface area (Å²) < 4.78 is 67.1. The molecule has 10 heteroatoms. The highest BCUT2D eigenvalue weighted by Gasteiger charge is 2.41. The second-order valence-corrected chi connectivity index (χ2v) is 4.16. The molecule has 2 N–H and O–H groups in total. The van der Waals surface area contributed by atoms with Crippen molar-refractivity contribution in [3.05, 3.63) is 29.3 Å². The molecule has 0 heterocycles. The van der Waals surface area contributed by atoms with E-state index in [0.29, 0.717) is 12.1 Å². The van der Waals surface area contributed by atoms with E-state index in [1.165, 1.54) is 5.32 Å². The number of hydrogen-bond donors (Lipinski definition) is 2. The molecule has 5 nitrogen and oxygen atoms in total. The highest BCUT2D eigenvalue weighted by Crippen LogP contribution is 2.22. The summed E-state index contributed by atoms with van der Waals surface area (Å²) in [7, 11) is 0.868. The molecule has 1 aromatic carbocycles. The topological polar surface area (TPSA) is 75.6 Å². The Morgan fingerprint density at radius 2 is 1.77 bits per heavy atom. The normalized spacial score (nSPS) is 12.6. The van der Waals surface area contributed by atoms with Gasteiger partial charge in [0, 0.05) is 6.42 Å². The molecule has 0 fully saturated rings. The highest BCUT2D eigenvalue weighted by molar-refractivity contribution is 5.87. The van der Waals surface area contributed by atoms with Gasteiger partial charge in [-0.2, -0.15) is 13.2 Å². The fraction of sp³-hybridized carbons (Fsp3) is 0.333. The van der Waals surface area contributed by atoms with Crippen LogP contribution in [-0.4, -0.2) is 36.3 Å². The third-order valence-electron chi connectivity index (χ3n) is 2.56. The van der Waals surface area contributed by atoms with Crippen LogP contribution in [0.5, 0.6) is 5.75 Å². The van der Waals surface area contributed by atoms with E-state index >= 15 is 0 Å². The fourth-order valence-electron chi connectivity index (χ4n) is 1.55. The molecular weight excluding hydrogens is 317 g/mol. The summed E-state index contributed by atoms with van der Waals surface area (Å²) in [4.78, 5) is 22.2. The molecule has 1 unspecified atom stereocenters. The summed E-state index contributed by atoms with van der Waals surface area (Å²) in [5.74, 6) is -7.62. The number of rotatable bonds is 4. The smallest absolute Gasteiger partial charge is 0.471 e. The molecular formula is C12H10F5NO4. The van der Waals surface area contributed by atoms with Gasteiger partial charge in [-0.25, -0.2) is 13.6 Å². The fourth-order valence-corrected chi connectivity index (χ4v) is 1.55. The number of phenolic OH excluding ortho intramolecular Hbond substituents is 1. The lowest BCUT2D eigenvalue weighted by molar-refractivity contribution is -0.175. The molecule has 0 aliphatic carbocycles. The third kappa shape index (κ3) is 4.30. The minimum atomic E-state index is -5.24. The number of benzene rings is 1. The summed E-state index contributed by atoms with van der Waals surface area (Å²) >= 11 is 0.